The molecule has 3 heterocycles. The number of piperidine rings is 1. The summed E-state index contributed by atoms with van der Waals surface area (Å²) in [4.78, 5) is 12.7. The van der Waals surface area contributed by atoms with Crippen LogP contribution >= 0.6 is 0 Å². The van der Waals surface area contributed by atoms with Gasteiger partial charge in [0.2, 0.25) is 5.91 Å². The van der Waals surface area contributed by atoms with E-state index in [1.165, 1.54) is 16.5 Å². The third kappa shape index (κ3) is 1.97. The zero-order valence-corrected chi connectivity index (χ0v) is 14.3. The zero-order chi connectivity index (χ0) is 16.5. The molecule has 2 unspecified atom stereocenters. The molecule has 126 valence electrons. The van der Waals surface area contributed by atoms with Crippen LogP contribution in [0.3, 0.4) is 0 Å². The van der Waals surface area contributed by atoms with Crippen LogP contribution in [-0.4, -0.2) is 28.8 Å². The van der Waals surface area contributed by atoms with Crippen LogP contribution in [-0.2, 0) is 23.3 Å². The molecule has 2 fully saturated rings. The Kier molecular flexibility index (Phi) is 2.90. The van der Waals surface area contributed by atoms with Gasteiger partial charge in [-0.25, -0.2) is 0 Å². The van der Waals surface area contributed by atoms with Gasteiger partial charge in [-0.05, 0) is 57.2 Å². The number of nitrogens with one attached hydrogen (secondary N) is 2. The summed E-state index contributed by atoms with van der Waals surface area (Å²) >= 11 is 0. The van der Waals surface area contributed by atoms with E-state index in [0.717, 1.165) is 38.2 Å². The van der Waals surface area contributed by atoms with Gasteiger partial charge in [-0.1, -0.05) is 18.2 Å². The van der Waals surface area contributed by atoms with Crippen LogP contribution in [0.2, 0.25) is 0 Å². The first kappa shape index (κ1) is 14.5. The molecule has 1 saturated carbocycles. The van der Waals surface area contributed by atoms with E-state index >= 15 is 0 Å². The van der Waals surface area contributed by atoms with E-state index in [4.69, 9.17) is 5.10 Å². The first-order valence-corrected chi connectivity index (χ1v) is 9.08. The van der Waals surface area contributed by atoms with Gasteiger partial charge in [-0.2, -0.15) is 5.10 Å². The Labute approximate surface area is 141 Å². The molecule has 2 aromatic rings. The summed E-state index contributed by atoms with van der Waals surface area (Å²) in [5.74, 6) is 1.49. The number of amides is 1. The summed E-state index contributed by atoms with van der Waals surface area (Å²) in [6.45, 7) is 7.11. The van der Waals surface area contributed by atoms with Gasteiger partial charge in [0, 0.05) is 17.8 Å². The first-order valence-electron chi connectivity index (χ1n) is 9.08. The highest BCUT2D eigenvalue weighted by atomic mass is 16.2. The lowest BCUT2D eigenvalue weighted by molar-refractivity contribution is -0.124. The average Bonchev–Trinajstić information content (AvgIpc) is 2.90. The van der Waals surface area contributed by atoms with Gasteiger partial charge in [0.05, 0.1) is 16.7 Å². The number of carbonyl (C=O) groups excluding carboxylic acids is 1. The molecule has 1 amide bonds. The van der Waals surface area contributed by atoms with Crippen molar-refractivity contribution in [2.24, 2.45) is 17.8 Å². The second-order valence-corrected chi connectivity index (χ2v) is 8.11. The Hall–Kier alpha value is -1.88. The van der Waals surface area contributed by atoms with Crippen LogP contribution < -0.4 is 10.6 Å². The molecule has 1 aromatic heterocycles. The van der Waals surface area contributed by atoms with Crippen molar-refractivity contribution in [1.29, 1.82) is 0 Å². The lowest BCUT2D eigenvalue weighted by Gasteiger charge is -2.25. The molecule has 1 aromatic carbocycles. The summed E-state index contributed by atoms with van der Waals surface area (Å²) in [6, 6.07) is 6.47. The molecule has 3 aliphatic rings. The smallest absolute Gasteiger partial charge is 0.224 e. The Bertz CT molecular complexity index is 827. The summed E-state index contributed by atoms with van der Waals surface area (Å²) in [6.07, 6.45) is 2.26. The quantitative estimate of drug-likeness (QED) is 0.905. The predicted molar refractivity (Wildman–Crippen MR) is 92.6 cm³/mol. The van der Waals surface area contributed by atoms with Gasteiger partial charge in [0.25, 0.3) is 0 Å². The van der Waals surface area contributed by atoms with Gasteiger partial charge in [-0.3, -0.25) is 9.48 Å². The number of carbonyl (C=O) groups is 1. The summed E-state index contributed by atoms with van der Waals surface area (Å²) < 4.78 is 2.13. The number of rotatable bonds is 3. The van der Waals surface area contributed by atoms with Gasteiger partial charge < -0.3 is 10.6 Å². The van der Waals surface area contributed by atoms with Crippen molar-refractivity contribution in [1.82, 2.24) is 20.4 Å². The molecule has 0 spiro atoms. The fourth-order valence-corrected chi connectivity index (χ4v) is 4.81. The third-order valence-corrected chi connectivity index (χ3v) is 6.09. The van der Waals surface area contributed by atoms with Crippen molar-refractivity contribution in [2.45, 2.75) is 38.8 Å². The maximum atomic E-state index is 12.7. The topological polar surface area (TPSA) is 59.0 Å². The van der Waals surface area contributed by atoms with Crippen molar-refractivity contribution in [3.05, 3.63) is 29.5 Å². The standard InChI is InChI=1S/C19H24N4O/c1-19(2,21-18(24)15-13-9-20-10-14(13)15)17-12-7-3-5-11-6-4-8-23(22-17)16(11)12/h3,5,7,13-15,20H,4,6,8-10H2,1-2H3,(H,21,24). The largest absolute Gasteiger partial charge is 0.345 e. The van der Waals surface area contributed by atoms with E-state index in [2.05, 4.69) is 47.4 Å². The molecule has 2 N–H and O–H groups in total. The number of hydrogen-bond acceptors (Lipinski definition) is 3. The highest BCUT2D eigenvalue weighted by Gasteiger charge is 2.57. The molecule has 2 aliphatic heterocycles. The Morgan fingerprint density at radius 1 is 1.33 bits per heavy atom. The van der Waals surface area contributed by atoms with Gasteiger partial charge >= 0.3 is 0 Å². The van der Waals surface area contributed by atoms with Crippen LogP contribution in [0.25, 0.3) is 10.9 Å². The van der Waals surface area contributed by atoms with Crippen LogP contribution in [0.4, 0.5) is 0 Å². The second-order valence-electron chi connectivity index (χ2n) is 8.11. The number of nitrogens with zero attached hydrogens (tertiary/aromatic N) is 2. The fraction of sp³-hybridized carbons (Fsp3) is 0.579. The number of hydrogen-bond donors (Lipinski definition) is 2. The lowest BCUT2D eigenvalue weighted by atomic mass is 9.94. The second kappa shape index (κ2) is 4.82. The fourth-order valence-electron chi connectivity index (χ4n) is 4.81. The lowest BCUT2D eigenvalue weighted by Crippen LogP contribution is -2.43. The SMILES string of the molecule is CC(C)(NC(=O)C1C2CNCC21)c1nn2c3c(cccc13)CCC2. The number of benzene rings is 1. The molecule has 24 heavy (non-hydrogen) atoms. The maximum Gasteiger partial charge on any atom is 0.224 e. The molecule has 0 radical (unpaired) electrons. The highest BCUT2D eigenvalue weighted by molar-refractivity contribution is 5.88. The summed E-state index contributed by atoms with van der Waals surface area (Å²) in [7, 11) is 0. The Balaban J connectivity index is 1.48. The van der Waals surface area contributed by atoms with Crippen molar-refractivity contribution >= 4 is 16.8 Å². The van der Waals surface area contributed by atoms with E-state index in [1.807, 2.05) is 0 Å². The minimum atomic E-state index is -0.451. The van der Waals surface area contributed by atoms with Crippen LogP contribution in [0.15, 0.2) is 18.2 Å². The van der Waals surface area contributed by atoms with Crippen LogP contribution in [0.1, 0.15) is 31.5 Å². The number of aromatic nitrogens is 2. The molecule has 1 saturated heterocycles. The third-order valence-electron chi connectivity index (χ3n) is 6.09. The van der Waals surface area contributed by atoms with E-state index in [-0.39, 0.29) is 11.8 Å². The highest BCUT2D eigenvalue weighted by Crippen LogP contribution is 2.49. The van der Waals surface area contributed by atoms with Crippen molar-refractivity contribution in [3.8, 4) is 0 Å². The Morgan fingerprint density at radius 3 is 2.92 bits per heavy atom. The minimum Gasteiger partial charge on any atom is -0.345 e. The Morgan fingerprint density at radius 2 is 2.12 bits per heavy atom. The normalized spacial score (nSPS) is 28.0. The molecular weight excluding hydrogens is 300 g/mol. The van der Waals surface area contributed by atoms with Gasteiger partial charge in [0.15, 0.2) is 0 Å². The number of fused-ring (bicyclic) bond motifs is 1. The molecular formula is C19H24N4O. The molecule has 5 rings (SSSR count). The van der Waals surface area contributed by atoms with E-state index < -0.39 is 5.54 Å². The van der Waals surface area contributed by atoms with Crippen LogP contribution in [0, 0.1) is 17.8 Å². The molecule has 1 aliphatic carbocycles. The van der Waals surface area contributed by atoms with E-state index in [0.29, 0.717) is 11.8 Å². The monoisotopic (exact) mass is 324 g/mol. The molecule has 0 bridgehead atoms. The summed E-state index contributed by atoms with van der Waals surface area (Å²) in [5, 5.41) is 12.7. The maximum absolute atomic E-state index is 12.7. The van der Waals surface area contributed by atoms with E-state index in [1.54, 1.807) is 0 Å². The number of aryl methyl sites for hydroxylation is 2. The van der Waals surface area contributed by atoms with Gasteiger partial charge in [0.1, 0.15) is 0 Å². The predicted octanol–water partition coefficient (Wildman–Crippen LogP) is 1.80. The zero-order valence-electron chi connectivity index (χ0n) is 14.3. The average molecular weight is 324 g/mol. The van der Waals surface area contributed by atoms with Crippen molar-refractivity contribution in [2.75, 3.05) is 13.1 Å². The van der Waals surface area contributed by atoms with Gasteiger partial charge in [-0.15, -0.1) is 0 Å². The number of para-hydroxylation sites is 1. The first-order chi connectivity index (χ1) is 11.6. The summed E-state index contributed by atoms with van der Waals surface area (Å²) in [5.41, 5.74) is 3.18. The van der Waals surface area contributed by atoms with E-state index in [9.17, 15) is 4.79 Å². The van der Waals surface area contributed by atoms with Crippen molar-refractivity contribution in [3.63, 3.8) is 0 Å². The molecule has 5 heteroatoms. The minimum absolute atomic E-state index is 0.199. The molecule has 2 atom stereocenters. The van der Waals surface area contributed by atoms with Crippen molar-refractivity contribution < 1.29 is 4.79 Å². The molecule has 5 nitrogen and oxygen atoms in total. The van der Waals surface area contributed by atoms with Crippen LogP contribution in [0.5, 0.6) is 0 Å².